The third-order valence-corrected chi connectivity index (χ3v) is 4.06. The Morgan fingerprint density at radius 3 is 2.36 bits per heavy atom. The van der Waals surface area contributed by atoms with Crippen LogP contribution in [0.15, 0.2) is 48.5 Å². The molecule has 0 aliphatic heterocycles. The van der Waals surface area contributed by atoms with Crippen molar-refractivity contribution < 1.29 is 9.47 Å². The zero-order valence-corrected chi connectivity index (χ0v) is 14.1. The third kappa shape index (κ3) is 4.37. The number of methoxy groups -OCH3 is 1. The van der Waals surface area contributed by atoms with Gasteiger partial charge in [-0.05, 0) is 36.9 Å². The molecule has 0 bridgehead atoms. The number of nitrogens with one attached hydrogen (secondary N) is 1. The summed E-state index contributed by atoms with van der Waals surface area (Å²) >= 11 is 12.1. The van der Waals surface area contributed by atoms with Crippen molar-refractivity contribution in [2.45, 2.75) is 12.2 Å². The first-order chi connectivity index (χ1) is 10.7. The van der Waals surface area contributed by atoms with E-state index in [2.05, 4.69) is 5.32 Å². The molecule has 2 unspecified atom stereocenters. The molecule has 3 nitrogen and oxygen atoms in total. The Hall–Kier alpha value is -1.26. The predicted octanol–water partition coefficient (Wildman–Crippen LogP) is 4.35. The van der Waals surface area contributed by atoms with Gasteiger partial charge in [-0.3, -0.25) is 0 Å². The van der Waals surface area contributed by atoms with Gasteiger partial charge in [-0.15, -0.1) is 0 Å². The lowest BCUT2D eigenvalue weighted by molar-refractivity contribution is 0.00260. The van der Waals surface area contributed by atoms with Crippen LogP contribution in [0.1, 0.15) is 11.7 Å². The first-order valence-corrected chi connectivity index (χ1v) is 7.75. The first-order valence-electron chi connectivity index (χ1n) is 6.99. The largest absolute Gasteiger partial charge is 0.483 e. The van der Waals surface area contributed by atoms with Gasteiger partial charge in [0.25, 0.3) is 0 Å². The minimum atomic E-state index is -0.297. The molecule has 5 heteroatoms. The van der Waals surface area contributed by atoms with Gasteiger partial charge in [0.05, 0.1) is 10.0 Å². The maximum Gasteiger partial charge on any atom is 0.151 e. The molecule has 2 aromatic rings. The Balaban J connectivity index is 2.33. The zero-order valence-electron chi connectivity index (χ0n) is 12.6. The van der Waals surface area contributed by atoms with Crippen LogP contribution in [0.3, 0.4) is 0 Å². The van der Waals surface area contributed by atoms with Crippen molar-refractivity contribution in [3.8, 4) is 5.75 Å². The standard InChI is InChI=1S/C17H19Cl2NO2/c1-20-11-16(21-2)17(22-13-6-4-3-5-7-13)12-8-9-14(18)15(19)10-12/h3-10,16-17,20H,11H2,1-2H3. The van der Waals surface area contributed by atoms with Crippen molar-refractivity contribution in [3.05, 3.63) is 64.1 Å². The Labute approximate surface area is 141 Å². The van der Waals surface area contributed by atoms with Crippen molar-refractivity contribution in [2.24, 2.45) is 0 Å². The SMILES string of the molecule is CNCC(OC)C(Oc1ccccc1)c1ccc(Cl)c(Cl)c1. The lowest BCUT2D eigenvalue weighted by atomic mass is 10.0. The summed E-state index contributed by atoms with van der Waals surface area (Å²) in [6.07, 6.45) is -0.461. The summed E-state index contributed by atoms with van der Waals surface area (Å²) in [4.78, 5) is 0. The summed E-state index contributed by atoms with van der Waals surface area (Å²) in [5.41, 5.74) is 0.917. The van der Waals surface area contributed by atoms with Crippen LogP contribution < -0.4 is 10.1 Å². The Morgan fingerprint density at radius 1 is 1.05 bits per heavy atom. The molecule has 0 saturated heterocycles. The fraction of sp³-hybridized carbons (Fsp3) is 0.294. The predicted molar refractivity (Wildman–Crippen MR) is 91.0 cm³/mol. The molecule has 0 heterocycles. The van der Waals surface area contributed by atoms with Crippen LogP contribution in [0.5, 0.6) is 5.75 Å². The molecule has 0 amide bonds. The topological polar surface area (TPSA) is 30.5 Å². The molecule has 118 valence electrons. The molecular weight excluding hydrogens is 321 g/mol. The zero-order chi connectivity index (χ0) is 15.9. The van der Waals surface area contributed by atoms with Gasteiger partial charge in [0, 0.05) is 13.7 Å². The third-order valence-electron chi connectivity index (χ3n) is 3.32. The van der Waals surface area contributed by atoms with Gasteiger partial charge >= 0.3 is 0 Å². The fourth-order valence-electron chi connectivity index (χ4n) is 2.21. The molecule has 0 aliphatic carbocycles. The number of benzene rings is 2. The summed E-state index contributed by atoms with van der Waals surface area (Å²) in [5, 5.41) is 4.14. The highest BCUT2D eigenvalue weighted by Crippen LogP contribution is 2.31. The quantitative estimate of drug-likeness (QED) is 0.813. The van der Waals surface area contributed by atoms with E-state index in [4.69, 9.17) is 32.7 Å². The molecule has 0 saturated carbocycles. The monoisotopic (exact) mass is 339 g/mol. The highest BCUT2D eigenvalue weighted by molar-refractivity contribution is 6.42. The number of hydrogen-bond donors (Lipinski definition) is 1. The van der Waals surface area contributed by atoms with Crippen LogP contribution in [-0.2, 0) is 4.74 Å². The van der Waals surface area contributed by atoms with Gasteiger partial charge in [-0.25, -0.2) is 0 Å². The summed E-state index contributed by atoms with van der Waals surface area (Å²) in [7, 11) is 3.54. The highest BCUT2D eigenvalue weighted by atomic mass is 35.5. The fourth-order valence-corrected chi connectivity index (χ4v) is 2.52. The van der Waals surface area contributed by atoms with Crippen molar-refractivity contribution in [1.29, 1.82) is 0 Å². The van der Waals surface area contributed by atoms with Crippen LogP contribution in [0.4, 0.5) is 0 Å². The second-order valence-electron chi connectivity index (χ2n) is 4.86. The maximum absolute atomic E-state index is 6.14. The van der Waals surface area contributed by atoms with E-state index in [1.165, 1.54) is 0 Å². The molecule has 2 rings (SSSR count). The smallest absolute Gasteiger partial charge is 0.151 e. The number of ether oxygens (including phenoxy) is 2. The van der Waals surface area contributed by atoms with Crippen molar-refractivity contribution in [3.63, 3.8) is 0 Å². The number of rotatable bonds is 7. The van der Waals surface area contributed by atoms with Crippen LogP contribution in [0, 0.1) is 0 Å². The van der Waals surface area contributed by atoms with Crippen LogP contribution in [0.25, 0.3) is 0 Å². The summed E-state index contributed by atoms with van der Waals surface area (Å²) in [6, 6.07) is 15.1. The molecule has 0 fully saturated rings. The van der Waals surface area contributed by atoms with Gasteiger partial charge in [-0.1, -0.05) is 47.5 Å². The minimum absolute atomic E-state index is 0.164. The molecule has 0 radical (unpaired) electrons. The van der Waals surface area contributed by atoms with E-state index < -0.39 is 0 Å². The number of likely N-dealkylation sites (N-methyl/N-ethyl adjacent to an activating group) is 1. The maximum atomic E-state index is 6.14. The lowest BCUT2D eigenvalue weighted by Crippen LogP contribution is -2.34. The van der Waals surface area contributed by atoms with E-state index in [-0.39, 0.29) is 12.2 Å². The Morgan fingerprint density at radius 2 is 1.77 bits per heavy atom. The van der Waals surface area contributed by atoms with E-state index in [1.807, 2.05) is 49.5 Å². The van der Waals surface area contributed by atoms with E-state index >= 15 is 0 Å². The molecule has 0 aromatic heterocycles. The summed E-state index contributed by atoms with van der Waals surface area (Å²) in [5.74, 6) is 0.775. The van der Waals surface area contributed by atoms with Gasteiger partial charge in [0.15, 0.2) is 6.10 Å². The number of para-hydroxylation sites is 1. The molecule has 2 atom stereocenters. The lowest BCUT2D eigenvalue weighted by Gasteiger charge is -2.27. The van der Waals surface area contributed by atoms with Crippen molar-refractivity contribution >= 4 is 23.2 Å². The van der Waals surface area contributed by atoms with E-state index in [9.17, 15) is 0 Å². The van der Waals surface area contributed by atoms with Crippen molar-refractivity contribution in [2.75, 3.05) is 20.7 Å². The molecular formula is C17H19Cl2NO2. The van der Waals surface area contributed by atoms with Gasteiger partial charge in [0.1, 0.15) is 11.9 Å². The second-order valence-corrected chi connectivity index (χ2v) is 5.67. The average Bonchev–Trinajstić information content (AvgIpc) is 2.54. The van der Waals surface area contributed by atoms with Gasteiger partial charge < -0.3 is 14.8 Å². The molecule has 0 aliphatic rings. The summed E-state index contributed by atoms with van der Waals surface area (Å²) < 4.78 is 11.7. The molecule has 1 N–H and O–H groups in total. The number of halogens is 2. The average molecular weight is 340 g/mol. The Kier molecular flexibility index (Phi) is 6.52. The molecule has 0 spiro atoms. The molecule has 22 heavy (non-hydrogen) atoms. The van der Waals surface area contributed by atoms with Crippen LogP contribution in [0.2, 0.25) is 10.0 Å². The van der Waals surface area contributed by atoms with E-state index in [1.54, 1.807) is 13.2 Å². The summed E-state index contributed by atoms with van der Waals surface area (Å²) in [6.45, 7) is 0.647. The van der Waals surface area contributed by atoms with E-state index in [0.29, 0.717) is 16.6 Å². The molecule has 2 aromatic carbocycles. The highest BCUT2D eigenvalue weighted by Gasteiger charge is 2.25. The number of hydrogen-bond acceptors (Lipinski definition) is 3. The minimum Gasteiger partial charge on any atom is -0.483 e. The second kappa shape index (κ2) is 8.39. The van der Waals surface area contributed by atoms with Gasteiger partial charge in [0.2, 0.25) is 0 Å². The van der Waals surface area contributed by atoms with Crippen LogP contribution >= 0.6 is 23.2 Å². The normalized spacial score (nSPS) is 13.6. The van der Waals surface area contributed by atoms with Gasteiger partial charge in [-0.2, -0.15) is 0 Å². The Bertz CT molecular complexity index is 592. The van der Waals surface area contributed by atoms with E-state index in [0.717, 1.165) is 11.3 Å². The van der Waals surface area contributed by atoms with Crippen molar-refractivity contribution in [1.82, 2.24) is 5.32 Å². The van der Waals surface area contributed by atoms with Crippen LogP contribution in [-0.4, -0.2) is 26.8 Å². The first kappa shape index (κ1) is 17.1.